The lowest BCUT2D eigenvalue weighted by atomic mass is 10.1. The number of nitrogens with one attached hydrogen (secondary N) is 2. The fourth-order valence-electron chi connectivity index (χ4n) is 2.73. The van der Waals surface area contributed by atoms with Crippen LogP contribution in [0.15, 0.2) is 24.3 Å². The maximum Gasteiger partial charge on any atom is 0.253 e. The number of para-hydroxylation sites is 1. The first-order valence-electron chi connectivity index (χ1n) is 7.20. The number of aromatic nitrogens is 3. The van der Waals surface area contributed by atoms with Crippen LogP contribution in [0.1, 0.15) is 41.4 Å². The molecule has 0 fully saturated rings. The molecule has 6 heteroatoms. The molecule has 1 amide bonds. The second-order valence-corrected chi connectivity index (χ2v) is 5.22. The highest BCUT2D eigenvalue weighted by atomic mass is 16.1. The third kappa shape index (κ3) is 2.49. The molecular formula is C15H19N5O. The maximum absolute atomic E-state index is 12.4. The monoisotopic (exact) mass is 285 g/mol. The number of aryl methyl sites for hydroxylation is 1. The first-order chi connectivity index (χ1) is 10.2. The number of benzene rings is 1. The van der Waals surface area contributed by atoms with Crippen LogP contribution in [0.5, 0.6) is 0 Å². The summed E-state index contributed by atoms with van der Waals surface area (Å²) in [5.41, 5.74) is 1.45. The van der Waals surface area contributed by atoms with Gasteiger partial charge in [0.1, 0.15) is 5.82 Å². The normalized spacial score (nSPS) is 14.6. The summed E-state index contributed by atoms with van der Waals surface area (Å²) < 4.78 is 2.11. The average molecular weight is 285 g/mol. The van der Waals surface area contributed by atoms with E-state index in [2.05, 4.69) is 25.4 Å². The van der Waals surface area contributed by atoms with Crippen molar-refractivity contribution in [2.24, 2.45) is 0 Å². The minimum Gasteiger partial charge on any atom is -0.387 e. The summed E-state index contributed by atoms with van der Waals surface area (Å²) in [7, 11) is 1.81. The van der Waals surface area contributed by atoms with Gasteiger partial charge in [0.15, 0.2) is 5.82 Å². The number of anilines is 1. The standard InChI is InChI=1S/C15H19N5O/c1-10(14-19-18-13-8-5-9-20(13)14)17-15(21)11-6-3-4-7-12(11)16-2/h3-4,6-7,10,16H,5,8-9H2,1-2H3,(H,17,21). The highest BCUT2D eigenvalue weighted by Gasteiger charge is 2.23. The molecule has 1 aromatic carbocycles. The van der Waals surface area contributed by atoms with Gasteiger partial charge in [-0.05, 0) is 25.5 Å². The molecule has 0 radical (unpaired) electrons. The molecule has 0 saturated heterocycles. The van der Waals surface area contributed by atoms with E-state index in [1.165, 1.54) is 0 Å². The Bertz CT molecular complexity index is 664. The molecule has 1 atom stereocenters. The topological polar surface area (TPSA) is 71.8 Å². The van der Waals surface area contributed by atoms with E-state index in [1.807, 2.05) is 31.2 Å². The quantitative estimate of drug-likeness (QED) is 0.898. The molecular weight excluding hydrogens is 266 g/mol. The molecule has 2 N–H and O–H groups in total. The van der Waals surface area contributed by atoms with Gasteiger partial charge in [-0.2, -0.15) is 0 Å². The molecule has 0 aliphatic carbocycles. The van der Waals surface area contributed by atoms with Gasteiger partial charge in [-0.3, -0.25) is 4.79 Å². The minimum atomic E-state index is -0.165. The van der Waals surface area contributed by atoms with Gasteiger partial charge in [0, 0.05) is 25.7 Å². The van der Waals surface area contributed by atoms with Gasteiger partial charge in [-0.1, -0.05) is 12.1 Å². The maximum atomic E-state index is 12.4. The number of hydrogen-bond donors (Lipinski definition) is 2. The van der Waals surface area contributed by atoms with Crippen molar-refractivity contribution in [3.63, 3.8) is 0 Å². The fraction of sp³-hybridized carbons (Fsp3) is 0.400. The zero-order valence-corrected chi connectivity index (χ0v) is 12.3. The largest absolute Gasteiger partial charge is 0.387 e. The Morgan fingerprint density at radius 2 is 2.14 bits per heavy atom. The highest BCUT2D eigenvalue weighted by Crippen LogP contribution is 2.20. The Morgan fingerprint density at radius 3 is 2.95 bits per heavy atom. The number of carbonyl (C=O) groups is 1. The number of hydrogen-bond acceptors (Lipinski definition) is 4. The predicted octanol–water partition coefficient (Wildman–Crippen LogP) is 1.76. The first-order valence-corrected chi connectivity index (χ1v) is 7.20. The summed E-state index contributed by atoms with van der Waals surface area (Å²) in [6.07, 6.45) is 2.07. The van der Waals surface area contributed by atoms with Crippen molar-refractivity contribution in [1.29, 1.82) is 0 Å². The summed E-state index contributed by atoms with van der Waals surface area (Å²) in [6, 6.07) is 7.28. The average Bonchev–Trinajstić information content (AvgIpc) is 3.09. The molecule has 3 rings (SSSR count). The fourth-order valence-corrected chi connectivity index (χ4v) is 2.73. The van der Waals surface area contributed by atoms with Crippen LogP contribution in [0.2, 0.25) is 0 Å². The van der Waals surface area contributed by atoms with Crippen molar-refractivity contribution in [2.75, 3.05) is 12.4 Å². The van der Waals surface area contributed by atoms with Gasteiger partial charge in [0.05, 0.1) is 11.6 Å². The number of amides is 1. The van der Waals surface area contributed by atoms with Gasteiger partial charge in [-0.15, -0.1) is 10.2 Å². The Labute approximate surface area is 123 Å². The summed E-state index contributed by atoms with van der Waals surface area (Å²) >= 11 is 0. The highest BCUT2D eigenvalue weighted by molar-refractivity contribution is 5.99. The third-order valence-electron chi connectivity index (χ3n) is 3.81. The number of rotatable bonds is 4. The molecule has 1 unspecified atom stereocenters. The first kappa shape index (κ1) is 13.6. The smallest absolute Gasteiger partial charge is 0.253 e. The zero-order valence-electron chi connectivity index (χ0n) is 12.3. The van der Waals surface area contributed by atoms with Crippen molar-refractivity contribution >= 4 is 11.6 Å². The van der Waals surface area contributed by atoms with E-state index in [4.69, 9.17) is 0 Å². The van der Waals surface area contributed by atoms with Crippen molar-refractivity contribution in [1.82, 2.24) is 20.1 Å². The van der Waals surface area contributed by atoms with E-state index in [9.17, 15) is 4.79 Å². The second-order valence-electron chi connectivity index (χ2n) is 5.22. The van der Waals surface area contributed by atoms with Gasteiger partial charge in [-0.25, -0.2) is 0 Å². The molecule has 0 spiro atoms. The number of carbonyl (C=O) groups excluding carboxylic acids is 1. The van der Waals surface area contributed by atoms with Gasteiger partial charge < -0.3 is 15.2 Å². The van der Waals surface area contributed by atoms with E-state index in [-0.39, 0.29) is 11.9 Å². The second kappa shape index (κ2) is 5.55. The van der Waals surface area contributed by atoms with Crippen molar-refractivity contribution in [3.8, 4) is 0 Å². The summed E-state index contributed by atoms with van der Waals surface area (Å²) in [6.45, 7) is 2.88. The Balaban J connectivity index is 1.78. The van der Waals surface area contributed by atoms with E-state index < -0.39 is 0 Å². The predicted molar refractivity (Wildman–Crippen MR) is 80.2 cm³/mol. The summed E-state index contributed by atoms with van der Waals surface area (Å²) in [5, 5.41) is 14.4. The van der Waals surface area contributed by atoms with E-state index in [0.717, 1.165) is 36.7 Å². The molecule has 0 saturated carbocycles. The molecule has 110 valence electrons. The van der Waals surface area contributed by atoms with E-state index in [0.29, 0.717) is 5.56 Å². The van der Waals surface area contributed by atoms with Crippen LogP contribution < -0.4 is 10.6 Å². The van der Waals surface area contributed by atoms with Crippen molar-refractivity contribution in [2.45, 2.75) is 32.4 Å². The Hall–Kier alpha value is -2.37. The van der Waals surface area contributed by atoms with Crippen LogP contribution in [0, 0.1) is 0 Å². The van der Waals surface area contributed by atoms with E-state index in [1.54, 1.807) is 7.05 Å². The van der Waals surface area contributed by atoms with Gasteiger partial charge in [0.25, 0.3) is 5.91 Å². The van der Waals surface area contributed by atoms with Crippen LogP contribution in [-0.4, -0.2) is 27.7 Å². The molecule has 1 aromatic heterocycles. The lowest BCUT2D eigenvalue weighted by Gasteiger charge is -2.15. The zero-order chi connectivity index (χ0) is 14.8. The molecule has 0 bridgehead atoms. The summed E-state index contributed by atoms with van der Waals surface area (Å²) in [5.74, 6) is 1.74. The molecule has 1 aliphatic rings. The minimum absolute atomic E-state index is 0.109. The van der Waals surface area contributed by atoms with E-state index >= 15 is 0 Å². The molecule has 1 aliphatic heterocycles. The number of fused-ring (bicyclic) bond motifs is 1. The van der Waals surface area contributed by atoms with Crippen molar-refractivity contribution < 1.29 is 4.79 Å². The van der Waals surface area contributed by atoms with Gasteiger partial charge in [0.2, 0.25) is 0 Å². The lowest BCUT2D eigenvalue weighted by molar-refractivity contribution is 0.0938. The van der Waals surface area contributed by atoms with Crippen molar-refractivity contribution in [3.05, 3.63) is 41.5 Å². The Morgan fingerprint density at radius 1 is 1.33 bits per heavy atom. The molecule has 21 heavy (non-hydrogen) atoms. The third-order valence-corrected chi connectivity index (χ3v) is 3.81. The molecule has 6 nitrogen and oxygen atoms in total. The Kier molecular flexibility index (Phi) is 3.60. The van der Waals surface area contributed by atoms with Crippen LogP contribution in [0.4, 0.5) is 5.69 Å². The molecule has 2 heterocycles. The van der Waals surface area contributed by atoms with Crippen LogP contribution in [0.25, 0.3) is 0 Å². The number of nitrogens with zero attached hydrogens (tertiary/aromatic N) is 3. The van der Waals surface area contributed by atoms with Gasteiger partial charge >= 0.3 is 0 Å². The van der Waals surface area contributed by atoms with Crippen LogP contribution in [-0.2, 0) is 13.0 Å². The van der Waals surface area contributed by atoms with Crippen LogP contribution in [0.3, 0.4) is 0 Å². The SMILES string of the molecule is CNc1ccccc1C(=O)NC(C)c1nnc2n1CCC2. The lowest BCUT2D eigenvalue weighted by Crippen LogP contribution is -2.29. The van der Waals surface area contributed by atoms with Crippen LogP contribution >= 0.6 is 0 Å². The summed E-state index contributed by atoms with van der Waals surface area (Å²) in [4.78, 5) is 12.4. The molecule has 2 aromatic rings.